The zero-order valence-electron chi connectivity index (χ0n) is 12.4. The molecule has 2 rings (SSSR count). The first-order valence-corrected chi connectivity index (χ1v) is 9.74. The number of sulfonamides is 1. The van der Waals surface area contributed by atoms with Crippen molar-refractivity contribution in [3.8, 4) is 0 Å². The van der Waals surface area contributed by atoms with E-state index in [9.17, 15) is 8.42 Å². The first-order valence-electron chi connectivity index (χ1n) is 7.31. The molecular formula is C14H24N2O2S2. The Kier molecular flexibility index (Phi) is 5.20. The van der Waals surface area contributed by atoms with Crippen molar-refractivity contribution >= 4 is 21.4 Å². The van der Waals surface area contributed by atoms with Gasteiger partial charge in [0.25, 0.3) is 0 Å². The molecule has 2 atom stereocenters. The lowest BCUT2D eigenvalue weighted by molar-refractivity contribution is 0.557. The summed E-state index contributed by atoms with van der Waals surface area (Å²) in [5, 5.41) is 2.95. The Morgan fingerprint density at radius 2 is 2.20 bits per heavy atom. The van der Waals surface area contributed by atoms with E-state index in [4.69, 9.17) is 0 Å². The number of nitrogens with one attached hydrogen (secondary N) is 1. The van der Waals surface area contributed by atoms with Gasteiger partial charge in [-0.3, -0.25) is 0 Å². The zero-order valence-corrected chi connectivity index (χ0v) is 14.1. The summed E-state index contributed by atoms with van der Waals surface area (Å²) < 4.78 is 27.1. The first-order chi connectivity index (χ1) is 9.38. The molecule has 0 saturated heterocycles. The number of hydrogen-bond donors (Lipinski definition) is 1. The van der Waals surface area contributed by atoms with E-state index in [-0.39, 0.29) is 5.25 Å². The number of thiazole rings is 1. The standard InChI is InChI=1S/C14H24N2O2S2/c1-10(2)14-16-12(9-19-14)6-7-15-20(17,18)13-5-4-11(3)8-13/h9-11,13,15H,4-8H2,1-3H3. The van der Waals surface area contributed by atoms with Gasteiger partial charge in [-0.25, -0.2) is 18.1 Å². The van der Waals surface area contributed by atoms with Crippen molar-refractivity contribution in [1.82, 2.24) is 9.71 Å². The summed E-state index contributed by atoms with van der Waals surface area (Å²) in [5.74, 6) is 0.967. The molecule has 0 bridgehead atoms. The maximum atomic E-state index is 12.2. The van der Waals surface area contributed by atoms with Crippen LogP contribution in [0, 0.1) is 5.92 Å². The highest BCUT2D eigenvalue weighted by Gasteiger charge is 2.31. The Labute approximate surface area is 126 Å². The van der Waals surface area contributed by atoms with E-state index in [0.29, 0.717) is 24.8 Å². The molecule has 6 heteroatoms. The van der Waals surface area contributed by atoms with Gasteiger partial charge in [0.2, 0.25) is 10.0 Å². The van der Waals surface area contributed by atoms with Crippen molar-refractivity contribution in [2.75, 3.05) is 6.54 Å². The third kappa shape index (κ3) is 4.02. The van der Waals surface area contributed by atoms with Gasteiger partial charge >= 0.3 is 0 Å². The van der Waals surface area contributed by atoms with Crippen LogP contribution in [0.25, 0.3) is 0 Å². The summed E-state index contributed by atoms with van der Waals surface area (Å²) in [7, 11) is -3.15. The molecule has 1 aromatic rings. The van der Waals surface area contributed by atoms with Gasteiger partial charge in [0.1, 0.15) is 0 Å². The van der Waals surface area contributed by atoms with Gasteiger partial charge < -0.3 is 0 Å². The number of rotatable bonds is 6. The van der Waals surface area contributed by atoms with Crippen LogP contribution in [0.4, 0.5) is 0 Å². The predicted molar refractivity (Wildman–Crippen MR) is 83.6 cm³/mol. The third-order valence-electron chi connectivity index (χ3n) is 3.83. The van der Waals surface area contributed by atoms with Crippen molar-refractivity contribution < 1.29 is 8.42 Å². The molecule has 0 aliphatic heterocycles. The van der Waals surface area contributed by atoms with Crippen molar-refractivity contribution in [3.05, 3.63) is 16.1 Å². The van der Waals surface area contributed by atoms with Gasteiger partial charge in [-0.05, 0) is 25.2 Å². The van der Waals surface area contributed by atoms with Gasteiger partial charge in [0.15, 0.2) is 0 Å². The smallest absolute Gasteiger partial charge is 0.214 e. The van der Waals surface area contributed by atoms with Crippen LogP contribution >= 0.6 is 11.3 Å². The molecule has 2 unspecified atom stereocenters. The molecule has 0 aromatic carbocycles. The van der Waals surface area contributed by atoms with E-state index in [1.165, 1.54) is 0 Å². The molecule has 114 valence electrons. The maximum Gasteiger partial charge on any atom is 0.214 e. The highest BCUT2D eigenvalue weighted by Crippen LogP contribution is 2.29. The van der Waals surface area contributed by atoms with Crippen molar-refractivity contribution in [3.63, 3.8) is 0 Å². The Morgan fingerprint density at radius 1 is 1.45 bits per heavy atom. The molecule has 0 radical (unpaired) electrons. The minimum atomic E-state index is -3.15. The topological polar surface area (TPSA) is 59.1 Å². The van der Waals surface area contributed by atoms with Crippen LogP contribution in [0.2, 0.25) is 0 Å². The number of hydrogen-bond acceptors (Lipinski definition) is 4. The predicted octanol–water partition coefficient (Wildman–Crippen LogP) is 2.92. The Balaban J connectivity index is 1.82. The molecule has 1 fully saturated rings. The van der Waals surface area contributed by atoms with Crippen LogP contribution in [-0.2, 0) is 16.4 Å². The highest BCUT2D eigenvalue weighted by atomic mass is 32.2. The molecule has 0 amide bonds. The summed E-state index contributed by atoms with van der Waals surface area (Å²) in [6.07, 6.45) is 3.29. The van der Waals surface area contributed by atoms with Gasteiger partial charge in [0, 0.05) is 24.3 Å². The summed E-state index contributed by atoms with van der Waals surface area (Å²) in [4.78, 5) is 4.52. The molecular weight excluding hydrogens is 292 g/mol. The molecule has 1 N–H and O–H groups in total. The molecule has 1 aliphatic carbocycles. The Bertz CT molecular complexity index is 537. The van der Waals surface area contributed by atoms with E-state index in [0.717, 1.165) is 30.0 Å². The average molecular weight is 316 g/mol. The van der Waals surface area contributed by atoms with E-state index in [2.05, 4.69) is 30.5 Å². The summed E-state index contributed by atoms with van der Waals surface area (Å²) in [6, 6.07) is 0. The minimum Gasteiger partial charge on any atom is -0.246 e. The van der Waals surface area contributed by atoms with Crippen LogP contribution in [-0.4, -0.2) is 25.2 Å². The van der Waals surface area contributed by atoms with E-state index in [1.54, 1.807) is 11.3 Å². The molecule has 1 heterocycles. The average Bonchev–Trinajstić information content (AvgIpc) is 2.98. The lowest BCUT2D eigenvalue weighted by Crippen LogP contribution is -2.34. The summed E-state index contributed by atoms with van der Waals surface area (Å²) in [6.45, 7) is 6.81. The van der Waals surface area contributed by atoms with Crippen LogP contribution in [0.15, 0.2) is 5.38 Å². The molecule has 1 aliphatic rings. The lowest BCUT2D eigenvalue weighted by Gasteiger charge is -2.12. The second-order valence-corrected chi connectivity index (χ2v) is 9.00. The quantitative estimate of drug-likeness (QED) is 0.878. The molecule has 4 nitrogen and oxygen atoms in total. The maximum absolute atomic E-state index is 12.2. The second-order valence-electron chi connectivity index (χ2n) is 6.06. The van der Waals surface area contributed by atoms with Crippen LogP contribution in [0.1, 0.15) is 56.7 Å². The summed E-state index contributed by atoms with van der Waals surface area (Å²) in [5.41, 5.74) is 0.987. The minimum absolute atomic E-state index is 0.195. The molecule has 1 aromatic heterocycles. The van der Waals surface area contributed by atoms with Crippen molar-refractivity contribution in [2.45, 2.75) is 57.6 Å². The third-order valence-corrected chi connectivity index (χ3v) is 6.94. The second kappa shape index (κ2) is 6.54. The first kappa shape index (κ1) is 15.9. The van der Waals surface area contributed by atoms with E-state index >= 15 is 0 Å². The number of nitrogens with zero attached hydrogens (tertiary/aromatic N) is 1. The Morgan fingerprint density at radius 3 is 2.75 bits per heavy atom. The summed E-state index contributed by atoms with van der Waals surface area (Å²) >= 11 is 1.65. The van der Waals surface area contributed by atoms with Gasteiger partial charge in [0.05, 0.1) is 16.0 Å². The van der Waals surface area contributed by atoms with Crippen molar-refractivity contribution in [2.24, 2.45) is 5.92 Å². The fourth-order valence-corrected chi connectivity index (χ4v) is 5.10. The normalized spacial score (nSPS) is 23.6. The SMILES string of the molecule is CC1CCC(S(=O)(=O)NCCc2csc(C(C)C)n2)C1. The van der Waals surface area contributed by atoms with E-state index < -0.39 is 10.0 Å². The van der Waals surface area contributed by atoms with Crippen LogP contribution < -0.4 is 4.72 Å². The monoisotopic (exact) mass is 316 g/mol. The lowest BCUT2D eigenvalue weighted by atomic mass is 10.1. The highest BCUT2D eigenvalue weighted by molar-refractivity contribution is 7.90. The van der Waals surface area contributed by atoms with Gasteiger partial charge in [-0.2, -0.15) is 0 Å². The van der Waals surface area contributed by atoms with Crippen molar-refractivity contribution in [1.29, 1.82) is 0 Å². The molecule has 20 heavy (non-hydrogen) atoms. The van der Waals surface area contributed by atoms with Gasteiger partial charge in [-0.15, -0.1) is 11.3 Å². The van der Waals surface area contributed by atoms with Crippen LogP contribution in [0.3, 0.4) is 0 Å². The van der Waals surface area contributed by atoms with Crippen LogP contribution in [0.5, 0.6) is 0 Å². The molecule has 0 spiro atoms. The fourth-order valence-electron chi connectivity index (χ4n) is 2.58. The molecule has 1 saturated carbocycles. The largest absolute Gasteiger partial charge is 0.246 e. The van der Waals surface area contributed by atoms with Gasteiger partial charge in [-0.1, -0.05) is 20.8 Å². The zero-order chi connectivity index (χ0) is 14.8. The Hall–Kier alpha value is -0.460. The van der Waals surface area contributed by atoms with E-state index in [1.807, 2.05) is 5.38 Å². The fraction of sp³-hybridized carbons (Fsp3) is 0.786. The number of aromatic nitrogens is 1.